The van der Waals surface area contributed by atoms with Crippen LogP contribution in [-0.4, -0.2) is 24.5 Å². The number of anilines is 1. The maximum atomic E-state index is 12.3. The van der Waals surface area contributed by atoms with Crippen molar-refractivity contribution in [2.45, 2.75) is 32.7 Å². The van der Waals surface area contributed by atoms with Crippen molar-refractivity contribution in [2.75, 3.05) is 18.5 Å². The largest absolute Gasteiger partial charge is 0.373 e. The van der Waals surface area contributed by atoms with Gasteiger partial charge >= 0.3 is 0 Å². The Morgan fingerprint density at radius 1 is 1.22 bits per heavy atom. The molecular formula is C19H25N3O. The lowest BCUT2D eigenvalue weighted by Gasteiger charge is -2.19. The summed E-state index contributed by atoms with van der Waals surface area (Å²) in [5.41, 5.74) is 2.56. The Morgan fingerprint density at radius 2 is 1.96 bits per heavy atom. The highest BCUT2D eigenvalue weighted by Gasteiger charge is 2.12. The summed E-state index contributed by atoms with van der Waals surface area (Å²) in [6, 6.07) is 13.6. The molecule has 0 bridgehead atoms. The van der Waals surface area contributed by atoms with Crippen LogP contribution in [0, 0.1) is 0 Å². The molecule has 0 aliphatic carbocycles. The number of carbonyl (C=O) groups excluding carboxylic acids is 1. The van der Waals surface area contributed by atoms with E-state index in [1.807, 2.05) is 50.4 Å². The van der Waals surface area contributed by atoms with Crippen molar-refractivity contribution in [1.29, 1.82) is 0 Å². The van der Waals surface area contributed by atoms with Crippen molar-refractivity contribution in [1.82, 2.24) is 10.3 Å². The minimum atomic E-state index is -0.149. The summed E-state index contributed by atoms with van der Waals surface area (Å²) in [7, 11) is 2.05. The number of hydrogen-bond donors (Lipinski definition) is 1. The van der Waals surface area contributed by atoms with Gasteiger partial charge in [0.15, 0.2) is 0 Å². The number of pyridine rings is 1. The summed E-state index contributed by atoms with van der Waals surface area (Å²) >= 11 is 0. The molecule has 1 unspecified atom stereocenters. The van der Waals surface area contributed by atoms with Crippen LogP contribution in [0.5, 0.6) is 0 Å². The van der Waals surface area contributed by atoms with Crippen LogP contribution in [0.2, 0.25) is 0 Å². The zero-order chi connectivity index (χ0) is 16.7. The van der Waals surface area contributed by atoms with Gasteiger partial charge in [-0.05, 0) is 31.0 Å². The smallest absolute Gasteiger partial charge is 0.270 e. The third-order valence-corrected chi connectivity index (χ3v) is 3.92. The Hall–Kier alpha value is -2.36. The van der Waals surface area contributed by atoms with Crippen LogP contribution >= 0.6 is 0 Å². The molecule has 23 heavy (non-hydrogen) atoms. The van der Waals surface area contributed by atoms with Gasteiger partial charge < -0.3 is 10.2 Å². The van der Waals surface area contributed by atoms with E-state index in [1.54, 1.807) is 12.3 Å². The molecule has 0 radical (unpaired) electrons. The Kier molecular flexibility index (Phi) is 6.15. The van der Waals surface area contributed by atoms with Gasteiger partial charge in [-0.15, -0.1) is 0 Å². The van der Waals surface area contributed by atoms with Gasteiger partial charge in [0.2, 0.25) is 0 Å². The number of nitrogens with zero attached hydrogens (tertiary/aromatic N) is 2. The Morgan fingerprint density at radius 3 is 2.57 bits per heavy atom. The molecule has 0 fully saturated rings. The van der Waals surface area contributed by atoms with Crippen molar-refractivity contribution in [3.63, 3.8) is 0 Å². The summed E-state index contributed by atoms with van der Waals surface area (Å²) in [4.78, 5) is 18.8. The third-order valence-electron chi connectivity index (χ3n) is 3.92. The van der Waals surface area contributed by atoms with Gasteiger partial charge in [-0.25, -0.2) is 4.98 Å². The van der Waals surface area contributed by atoms with E-state index in [1.165, 1.54) is 0 Å². The first-order chi connectivity index (χ1) is 11.1. The van der Waals surface area contributed by atoms with Crippen LogP contribution in [0.4, 0.5) is 5.69 Å². The van der Waals surface area contributed by atoms with Crippen LogP contribution in [-0.2, 0) is 0 Å². The highest BCUT2D eigenvalue weighted by molar-refractivity contribution is 5.92. The lowest BCUT2D eigenvalue weighted by atomic mass is 10.1. The van der Waals surface area contributed by atoms with Crippen LogP contribution in [0.1, 0.15) is 48.8 Å². The molecule has 1 aromatic carbocycles. The number of hydrogen-bond acceptors (Lipinski definition) is 3. The number of benzene rings is 1. The standard InChI is InChI=1S/C19H25N3O/c1-4-5-13-22(3)17-11-12-18(20-14-17)19(23)21-15(2)16-9-7-6-8-10-16/h6-12,14-15H,4-5,13H2,1-3H3,(H,21,23). The molecule has 1 N–H and O–H groups in total. The molecule has 1 aromatic heterocycles. The van der Waals surface area contributed by atoms with Gasteiger partial charge in [0, 0.05) is 13.6 Å². The number of rotatable bonds is 7. The zero-order valence-electron chi connectivity index (χ0n) is 14.1. The molecule has 2 aromatic rings. The molecule has 4 nitrogen and oxygen atoms in total. The minimum absolute atomic E-state index is 0.0441. The fraction of sp³-hybridized carbons (Fsp3) is 0.368. The molecule has 0 spiro atoms. The summed E-state index contributed by atoms with van der Waals surface area (Å²) in [6.45, 7) is 5.14. The molecule has 1 atom stereocenters. The van der Waals surface area contributed by atoms with E-state index in [4.69, 9.17) is 0 Å². The second-order valence-corrected chi connectivity index (χ2v) is 5.78. The second-order valence-electron chi connectivity index (χ2n) is 5.78. The van der Waals surface area contributed by atoms with Gasteiger partial charge in [0.1, 0.15) is 5.69 Å². The number of aromatic nitrogens is 1. The molecular weight excluding hydrogens is 286 g/mol. The van der Waals surface area contributed by atoms with E-state index in [0.29, 0.717) is 5.69 Å². The highest BCUT2D eigenvalue weighted by Crippen LogP contribution is 2.14. The van der Waals surface area contributed by atoms with Crippen molar-refractivity contribution in [3.8, 4) is 0 Å². The summed E-state index contributed by atoms with van der Waals surface area (Å²) in [5.74, 6) is -0.149. The Bertz CT molecular complexity index is 610. The molecule has 122 valence electrons. The van der Waals surface area contributed by atoms with E-state index < -0.39 is 0 Å². The maximum absolute atomic E-state index is 12.3. The lowest BCUT2D eigenvalue weighted by molar-refractivity contribution is 0.0935. The zero-order valence-corrected chi connectivity index (χ0v) is 14.1. The first-order valence-electron chi connectivity index (χ1n) is 8.14. The highest BCUT2D eigenvalue weighted by atomic mass is 16.1. The second kappa shape index (κ2) is 8.32. The Labute approximate surface area is 138 Å². The van der Waals surface area contributed by atoms with Crippen molar-refractivity contribution < 1.29 is 4.79 Å². The van der Waals surface area contributed by atoms with E-state index in [-0.39, 0.29) is 11.9 Å². The van der Waals surface area contributed by atoms with Gasteiger partial charge in [0.25, 0.3) is 5.91 Å². The fourth-order valence-electron chi connectivity index (χ4n) is 2.37. The Balaban J connectivity index is 1.97. The third kappa shape index (κ3) is 4.81. The lowest BCUT2D eigenvalue weighted by Crippen LogP contribution is -2.27. The van der Waals surface area contributed by atoms with E-state index in [0.717, 1.165) is 30.6 Å². The van der Waals surface area contributed by atoms with E-state index in [9.17, 15) is 4.79 Å². The molecule has 1 heterocycles. The van der Waals surface area contributed by atoms with Gasteiger partial charge in [-0.2, -0.15) is 0 Å². The molecule has 0 aliphatic heterocycles. The molecule has 0 aliphatic rings. The molecule has 0 saturated carbocycles. The monoisotopic (exact) mass is 311 g/mol. The summed E-state index contributed by atoms with van der Waals surface area (Å²) < 4.78 is 0. The van der Waals surface area contributed by atoms with Crippen molar-refractivity contribution >= 4 is 11.6 Å². The average molecular weight is 311 g/mol. The molecule has 1 amide bonds. The van der Waals surface area contributed by atoms with Gasteiger partial charge in [0.05, 0.1) is 17.9 Å². The molecule has 4 heteroatoms. The quantitative estimate of drug-likeness (QED) is 0.845. The minimum Gasteiger partial charge on any atom is -0.373 e. The van der Waals surface area contributed by atoms with Gasteiger partial charge in [-0.1, -0.05) is 43.7 Å². The fourth-order valence-corrected chi connectivity index (χ4v) is 2.37. The average Bonchev–Trinajstić information content (AvgIpc) is 2.60. The molecule has 0 saturated heterocycles. The number of carbonyl (C=O) groups is 1. The van der Waals surface area contributed by atoms with Crippen LogP contribution in [0.25, 0.3) is 0 Å². The van der Waals surface area contributed by atoms with Gasteiger partial charge in [-0.3, -0.25) is 4.79 Å². The summed E-state index contributed by atoms with van der Waals surface area (Å²) in [6.07, 6.45) is 4.07. The topological polar surface area (TPSA) is 45.2 Å². The molecule has 2 rings (SSSR count). The first kappa shape index (κ1) is 17.0. The van der Waals surface area contributed by atoms with Crippen molar-refractivity contribution in [3.05, 3.63) is 59.9 Å². The SMILES string of the molecule is CCCCN(C)c1ccc(C(=O)NC(C)c2ccccc2)nc1. The van der Waals surface area contributed by atoms with Crippen molar-refractivity contribution in [2.24, 2.45) is 0 Å². The number of amides is 1. The van der Waals surface area contributed by atoms with E-state index >= 15 is 0 Å². The maximum Gasteiger partial charge on any atom is 0.270 e. The predicted molar refractivity (Wildman–Crippen MR) is 94.7 cm³/mol. The first-order valence-corrected chi connectivity index (χ1v) is 8.14. The van der Waals surface area contributed by atoms with Crippen LogP contribution in [0.15, 0.2) is 48.7 Å². The summed E-state index contributed by atoms with van der Waals surface area (Å²) in [5, 5.41) is 2.98. The van der Waals surface area contributed by atoms with Crippen LogP contribution in [0.3, 0.4) is 0 Å². The predicted octanol–water partition coefficient (Wildman–Crippen LogP) is 3.81. The number of nitrogens with one attached hydrogen (secondary N) is 1. The van der Waals surface area contributed by atoms with E-state index in [2.05, 4.69) is 22.1 Å². The number of unbranched alkanes of at least 4 members (excludes halogenated alkanes) is 1. The van der Waals surface area contributed by atoms with Crippen LogP contribution < -0.4 is 10.2 Å². The normalized spacial score (nSPS) is 11.8.